The van der Waals surface area contributed by atoms with Crippen LogP contribution in [0.2, 0.25) is 0 Å². The zero-order valence-electron chi connectivity index (χ0n) is 11.3. The van der Waals surface area contributed by atoms with Gasteiger partial charge in [0, 0.05) is 6.42 Å². The SMILES string of the molecule is CCCCCCCCCC1=NOC(C(C)Cl)C1. The van der Waals surface area contributed by atoms with Crippen molar-refractivity contribution in [1.29, 1.82) is 0 Å². The maximum absolute atomic E-state index is 5.98. The van der Waals surface area contributed by atoms with Gasteiger partial charge in [-0.25, -0.2) is 0 Å². The van der Waals surface area contributed by atoms with Crippen LogP contribution in [0, 0.1) is 0 Å². The molecule has 0 aliphatic carbocycles. The van der Waals surface area contributed by atoms with Gasteiger partial charge in [-0.15, -0.1) is 11.6 Å². The van der Waals surface area contributed by atoms with E-state index in [0.717, 1.165) is 12.8 Å². The maximum Gasteiger partial charge on any atom is 0.148 e. The summed E-state index contributed by atoms with van der Waals surface area (Å²) in [5.74, 6) is 0. The molecule has 1 aliphatic rings. The lowest BCUT2D eigenvalue weighted by molar-refractivity contribution is 0.0854. The van der Waals surface area contributed by atoms with E-state index in [1.54, 1.807) is 0 Å². The van der Waals surface area contributed by atoms with E-state index >= 15 is 0 Å². The largest absolute Gasteiger partial charge is 0.391 e. The molecule has 1 heterocycles. The summed E-state index contributed by atoms with van der Waals surface area (Å²) in [7, 11) is 0. The highest BCUT2D eigenvalue weighted by Crippen LogP contribution is 2.20. The van der Waals surface area contributed by atoms with Crippen LogP contribution in [0.4, 0.5) is 0 Å². The normalized spacial score (nSPS) is 21.1. The van der Waals surface area contributed by atoms with Crippen LogP contribution in [0.25, 0.3) is 0 Å². The van der Waals surface area contributed by atoms with Crippen molar-refractivity contribution in [3.8, 4) is 0 Å². The third-order valence-electron chi connectivity index (χ3n) is 3.34. The Morgan fingerprint density at radius 3 is 2.47 bits per heavy atom. The standard InChI is InChI=1S/C14H26ClNO/c1-3-4-5-6-7-8-9-10-13-11-14(12(2)15)17-16-13/h12,14H,3-11H2,1-2H3. The van der Waals surface area contributed by atoms with Crippen LogP contribution >= 0.6 is 11.6 Å². The van der Waals surface area contributed by atoms with Crippen molar-refractivity contribution in [3.05, 3.63) is 0 Å². The number of hydrogen-bond donors (Lipinski definition) is 0. The lowest BCUT2D eigenvalue weighted by atomic mass is 10.0. The van der Waals surface area contributed by atoms with Gasteiger partial charge < -0.3 is 4.84 Å². The van der Waals surface area contributed by atoms with Gasteiger partial charge in [0.15, 0.2) is 0 Å². The quantitative estimate of drug-likeness (QED) is 0.426. The molecule has 2 atom stereocenters. The van der Waals surface area contributed by atoms with Gasteiger partial charge in [-0.2, -0.15) is 0 Å². The van der Waals surface area contributed by atoms with Crippen LogP contribution in [0.5, 0.6) is 0 Å². The first-order valence-corrected chi connectivity index (χ1v) is 7.53. The zero-order chi connectivity index (χ0) is 12.5. The van der Waals surface area contributed by atoms with Crippen LogP contribution in [0.1, 0.15) is 71.6 Å². The van der Waals surface area contributed by atoms with Crippen molar-refractivity contribution >= 4 is 17.3 Å². The molecule has 0 spiro atoms. The van der Waals surface area contributed by atoms with Crippen LogP contribution in [-0.4, -0.2) is 17.2 Å². The molecule has 0 bridgehead atoms. The summed E-state index contributed by atoms with van der Waals surface area (Å²) >= 11 is 5.98. The number of hydrogen-bond acceptors (Lipinski definition) is 2. The van der Waals surface area contributed by atoms with Crippen LogP contribution in [0.15, 0.2) is 5.16 Å². The molecule has 100 valence electrons. The fraction of sp³-hybridized carbons (Fsp3) is 0.929. The average molecular weight is 260 g/mol. The molecule has 0 radical (unpaired) electrons. The van der Waals surface area contributed by atoms with Gasteiger partial charge >= 0.3 is 0 Å². The van der Waals surface area contributed by atoms with E-state index in [1.807, 2.05) is 6.92 Å². The van der Waals surface area contributed by atoms with Crippen molar-refractivity contribution in [1.82, 2.24) is 0 Å². The molecule has 3 heteroatoms. The highest BCUT2D eigenvalue weighted by molar-refractivity contribution is 6.21. The molecular formula is C14H26ClNO. The fourth-order valence-electron chi connectivity index (χ4n) is 2.13. The lowest BCUT2D eigenvalue weighted by Crippen LogP contribution is -2.17. The Bertz CT molecular complexity index is 228. The van der Waals surface area contributed by atoms with Gasteiger partial charge in [-0.3, -0.25) is 0 Å². The molecule has 0 fully saturated rings. The number of alkyl halides is 1. The van der Waals surface area contributed by atoms with Gasteiger partial charge in [0.25, 0.3) is 0 Å². The molecular weight excluding hydrogens is 234 g/mol. The molecule has 17 heavy (non-hydrogen) atoms. The summed E-state index contributed by atoms with van der Waals surface area (Å²) in [5, 5.41) is 4.18. The monoisotopic (exact) mass is 259 g/mol. The van der Waals surface area contributed by atoms with E-state index in [-0.39, 0.29) is 11.5 Å². The van der Waals surface area contributed by atoms with Crippen LogP contribution < -0.4 is 0 Å². The Labute approximate surface area is 111 Å². The molecule has 0 saturated carbocycles. The van der Waals surface area contributed by atoms with Crippen molar-refractivity contribution in [2.75, 3.05) is 0 Å². The molecule has 1 rings (SSSR count). The maximum atomic E-state index is 5.98. The van der Waals surface area contributed by atoms with E-state index < -0.39 is 0 Å². The van der Waals surface area contributed by atoms with Gasteiger partial charge in [0.05, 0.1) is 11.1 Å². The van der Waals surface area contributed by atoms with Crippen molar-refractivity contribution in [3.63, 3.8) is 0 Å². The fourth-order valence-corrected chi connectivity index (χ4v) is 2.26. The Morgan fingerprint density at radius 1 is 1.24 bits per heavy atom. The van der Waals surface area contributed by atoms with Gasteiger partial charge in [-0.1, -0.05) is 50.6 Å². The van der Waals surface area contributed by atoms with Gasteiger partial charge in [0.1, 0.15) is 6.10 Å². The zero-order valence-corrected chi connectivity index (χ0v) is 12.0. The van der Waals surface area contributed by atoms with E-state index in [1.165, 1.54) is 50.7 Å². The Morgan fingerprint density at radius 2 is 1.88 bits per heavy atom. The Balaban J connectivity index is 1.94. The minimum absolute atomic E-state index is 0.0605. The topological polar surface area (TPSA) is 21.6 Å². The predicted molar refractivity (Wildman–Crippen MR) is 74.9 cm³/mol. The van der Waals surface area contributed by atoms with E-state index in [4.69, 9.17) is 16.4 Å². The van der Waals surface area contributed by atoms with Crippen LogP contribution in [-0.2, 0) is 4.84 Å². The number of oxime groups is 1. The lowest BCUT2D eigenvalue weighted by Gasteiger charge is -2.08. The molecule has 0 aromatic carbocycles. The summed E-state index contributed by atoms with van der Waals surface area (Å²) in [5.41, 5.74) is 1.20. The summed E-state index contributed by atoms with van der Waals surface area (Å²) in [4.78, 5) is 5.29. The first-order chi connectivity index (χ1) is 8.24. The Hall–Kier alpha value is -0.240. The summed E-state index contributed by atoms with van der Waals surface area (Å²) < 4.78 is 0. The first-order valence-electron chi connectivity index (χ1n) is 7.09. The highest BCUT2D eigenvalue weighted by atomic mass is 35.5. The number of unbranched alkanes of at least 4 members (excludes halogenated alkanes) is 6. The van der Waals surface area contributed by atoms with Crippen molar-refractivity contribution in [2.24, 2.45) is 5.16 Å². The van der Waals surface area contributed by atoms with Crippen LogP contribution in [0.3, 0.4) is 0 Å². The summed E-state index contributed by atoms with van der Waals surface area (Å²) in [6.45, 7) is 4.23. The van der Waals surface area contributed by atoms with Crippen molar-refractivity contribution in [2.45, 2.75) is 83.1 Å². The van der Waals surface area contributed by atoms with Gasteiger partial charge in [0.2, 0.25) is 0 Å². The first kappa shape index (κ1) is 14.8. The molecule has 2 nitrogen and oxygen atoms in total. The van der Waals surface area contributed by atoms with Gasteiger partial charge in [-0.05, 0) is 19.8 Å². The number of rotatable bonds is 9. The molecule has 0 amide bonds. The average Bonchev–Trinajstić information content (AvgIpc) is 2.77. The summed E-state index contributed by atoms with van der Waals surface area (Å²) in [6.07, 6.45) is 11.6. The Kier molecular flexibility index (Phi) is 7.67. The van der Waals surface area contributed by atoms with Crippen molar-refractivity contribution < 1.29 is 4.84 Å². The highest BCUT2D eigenvalue weighted by Gasteiger charge is 2.24. The van der Waals surface area contributed by atoms with E-state index in [0.29, 0.717) is 0 Å². The number of halogens is 1. The molecule has 0 N–H and O–H groups in total. The summed E-state index contributed by atoms with van der Waals surface area (Å²) in [6, 6.07) is 0. The smallest absolute Gasteiger partial charge is 0.148 e. The molecule has 1 aliphatic heterocycles. The molecule has 0 saturated heterocycles. The second-order valence-electron chi connectivity index (χ2n) is 5.05. The minimum atomic E-state index is 0.0605. The van der Waals surface area contributed by atoms with E-state index in [9.17, 15) is 0 Å². The second-order valence-corrected chi connectivity index (χ2v) is 5.74. The third-order valence-corrected chi connectivity index (χ3v) is 3.62. The molecule has 0 aromatic rings. The second kappa shape index (κ2) is 8.79. The third kappa shape index (κ3) is 6.30. The van der Waals surface area contributed by atoms with E-state index in [2.05, 4.69) is 12.1 Å². The predicted octanol–water partition coefficient (Wildman–Crippen LogP) is 4.90. The molecule has 2 unspecified atom stereocenters. The number of nitrogens with zero attached hydrogens (tertiary/aromatic N) is 1. The molecule has 0 aromatic heterocycles. The minimum Gasteiger partial charge on any atom is -0.391 e.